The Morgan fingerprint density at radius 1 is 1.27 bits per heavy atom. The van der Waals surface area contributed by atoms with Crippen LogP contribution in [-0.4, -0.2) is 11.2 Å². The summed E-state index contributed by atoms with van der Waals surface area (Å²) in [5, 5.41) is 9.63. The van der Waals surface area contributed by atoms with E-state index in [2.05, 4.69) is 6.92 Å². The second-order valence-electron chi connectivity index (χ2n) is 3.61. The first-order valence-electron chi connectivity index (χ1n) is 4.82. The quantitative estimate of drug-likeness (QED) is 0.664. The Morgan fingerprint density at radius 3 is 2.45 bits per heavy atom. The highest BCUT2D eigenvalue weighted by Crippen LogP contribution is 2.27. The van der Waals surface area contributed by atoms with Gasteiger partial charge in [-0.25, -0.2) is 0 Å². The van der Waals surface area contributed by atoms with Gasteiger partial charge in [-0.05, 0) is 25.2 Å². The van der Waals surface area contributed by atoms with E-state index in [-0.39, 0.29) is 6.10 Å². The van der Waals surface area contributed by atoms with E-state index in [1.807, 2.05) is 0 Å². The van der Waals surface area contributed by atoms with Crippen molar-refractivity contribution in [3.8, 4) is 0 Å². The van der Waals surface area contributed by atoms with E-state index in [4.69, 9.17) is 0 Å². The molecule has 1 atom stereocenters. The molecule has 0 aromatic rings. The van der Waals surface area contributed by atoms with Crippen LogP contribution >= 0.6 is 0 Å². The van der Waals surface area contributed by atoms with Gasteiger partial charge in [-0.3, -0.25) is 0 Å². The van der Waals surface area contributed by atoms with Gasteiger partial charge in [-0.15, -0.1) is 0 Å². The first-order valence-corrected chi connectivity index (χ1v) is 4.82. The first kappa shape index (κ1) is 9.05. The second kappa shape index (κ2) is 4.76. The molecule has 0 amide bonds. The van der Waals surface area contributed by atoms with Crippen LogP contribution in [0.15, 0.2) is 0 Å². The highest BCUT2D eigenvalue weighted by Gasteiger charge is 2.20. The van der Waals surface area contributed by atoms with Gasteiger partial charge in [-0.2, -0.15) is 0 Å². The number of hydrogen-bond acceptors (Lipinski definition) is 1. The maximum atomic E-state index is 9.63. The zero-order valence-corrected chi connectivity index (χ0v) is 7.26. The van der Waals surface area contributed by atoms with Crippen LogP contribution in [0.5, 0.6) is 0 Å². The average Bonchev–Trinajstić information content (AvgIpc) is 2.07. The van der Waals surface area contributed by atoms with Gasteiger partial charge in [0.05, 0.1) is 6.10 Å². The van der Waals surface area contributed by atoms with Crippen molar-refractivity contribution in [3.05, 3.63) is 6.92 Å². The van der Waals surface area contributed by atoms with Gasteiger partial charge in [0.25, 0.3) is 0 Å². The summed E-state index contributed by atoms with van der Waals surface area (Å²) in [6, 6.07) is 0. The van der Waals surface area contributed by atoms with E-state index < -0.39 is 0 Å². The normalized spacial score (nSPS) is 23.5. The van der Waals surface area contributed by atoms with Gasteiger partial charge in [0.2, 0.25) is 0 Å². The van der Waals surface area contributed by atoms with Crippen LogP contribution in [0.4, 0.5) is 0 Å². The minimum absolute atomic E-state index is 0.0622. The first-order chi connectivity index (χ1) is 5.34. The molecule has 65 valence electrons. The highest BCUT2D eigenvalue weighted by molar-refractivity contribution is 4.73. The molecule has 0 aromatic heterocycles. The topological polar surface area (TPSA) is 20.2 Å². The third-order valence-electron chi connectivity index (χ3n) is 2.69. The van der Waals surface area contributed by atoms with E-state index in [0.717, 1.165) is 12.8 Å². The Bertz CT molecular complexity index is 95.0. The van der Waals surface area contributed by atoms with Crippen LogP contribution in [0, 0.1) is 12.8 Å². The van der Waals surface area contributed by atoms with E-state index in [1.165, 1.54) is 32.1 Å². The molecule has 0 aromatic carbocycles. The Hall–Kier alpha value is -0.0400. The monoisotopic (exact) mass is 155 g/mol. The molecule has 1 radical (unpaired) electrons. The maximum Gasteiger partial charge on any atom is 0.0568 e. The molecule has 1 saturated carbocycles. The Morgan fingerprint density at radius 2 is 1.91 bits per heavy atom. The van der Waals surface area contributed by atoms with Gasteiger partial charge in [0.15, 0.2) is 0 Å². The molecule has 11 heavy (non-hydrogen) atoms. The summed E-state index contributed by atoms with van der Waals surface area (Å²) in [4.78, 5) is 0. The van der Waals surface area contributed by atoms with Crippen LogP contribution in [-0.2, 0) is 0 Å². The number of rotatable bonds is 3. The molecule has 1 fully saturated rings. The molecule has 1 unspecified atom stereocenters. The lowest BCUT2D eigenvalue weighted by Crippen LogP contribution is -2.22. The number of aliphatic hydroxyl groups is 1. The zero-order valence-electron chi connectivity index (χ0n) is 7.26. The SMILES string of the molecule is [CH2]CCC(O)C1CCCCC1. The van der Waals surface area contributed by atoms with Crippen molar-refractivity contribution in [1.29, 1.82) is 0 Å². The van der Waals surface area contributed by atoms with Crippen LogP contribution in [0.1, 0.15) is 44.9 Å². The van der Waals surface area contributed by atoms with Crippen LogP contribution in [0.2, 0.25) is 0 Å². The third kappa shape index (κ3) is 2.82. The fraction of sp³-hybridized carbons (Fsp3) is 0.900. The molecule has 0 aliphatic heterocycles. The molecule has 0 saturated heterocycles. The minimum Gasteiger partial charge on any atom is -0.393 e. The molecule has 1 aliphatic rings. The highest BCUT2D eigenvalue weighted by atomic mass is 16.3. The van der Waals surface area contributed by atoms with Crippen molar-refractivity contribution in [2.45, 2.75) is 51.0 Å². The second-order valence-corrected chi connectivity index (χ2v) is 3.61. The fourth-order valence-electron chi connectivity index (χ4n) is 1.96. The van der Waals surface area contributed by atoms with Crippen molar-refractivity contribution in [2.75, 3.05) is 0 Å². The summed E-state index contributed by atoms with van der Waals surface area (Å²) in [5.74, 6) is 0.588. The Kier molecular flexibility index (Phi) is 3.92. The lowest BCUT2D eigenvalue weighted by molar-refractivity contribution is 0.0780. The molecule has 1 nitrogen and oxygen atoms in total. The van der Waals surface area contributed by atoms with Crippen molar-refractivity contribution < 1.29 is 5.11 Å². The van der Waals surface area contributed by atoms with Crippen molar-refractivity contribution in [2.24, 2.45) is 5.92 Å². The lowest BCUT2D eigenvalue weighted by atomic mass is 9.84. The average molecular weight is 155 g/mol. The smallest absolute Gasteiger partial charge is 0.0568 e. The molecule has 0 bridgehead atoms. The number of aliphatic hydroxyl groups excluding tert-OH is 1. The lowest BCUT2D eigenvalue weighted by Gasteiger charge is -2.26. The molecule has 1 aliphatic carbocycles. The van der Waals surface area contributed by atoms with Crippen molar-refractivity contribution in [1.82, 2.24) is 0 Å². The van der Waals surface area contributed by atoms with Gasteiger partial charge < -0.3 is 5.11 Å². The zero-order chi connectivity index (χ0) is 8.10. The molecular weight excluding hydrogens is 136 g/mol. The summed E-state index contributed by atoms with van der Waals surface area (Å²) < 4.78 is 0. The Balaban J connectivity index is 2.21. The van der Waals surface area contributed by atoms with Crippen molar-refractivity contribution >= 4 is 0 Å². The summed E-state index contributed by atoms with van der Waals surface area (Å²) >= 11 is 0. The van der Waals surface area contributed by atoms with E-state index in [9.17, 15) is 5.11 Å². The van der Waals surface area contributed by atoms with Gasteiger partial charge in [0.1, 0.15) is 0 Å². The van der Waals surface area contributed by atoms with Gasteiger partial charge in [-0.1, -0.05) is 32.6 Å². The molecular formula is C10H19O. The third-order valence-corrected chi connectivity index (χ3v) is 2.69. The van der Waals surface area contributed by atoms with Crippen LogP contribution < -0.4 is 0 Å². The van der Waals surface area contributed by atoms with Gasteiger partial charge >= 0.3 is 0 Å². The van der Waals surface area contributed by atoms with E-state index in [1.54, 1.807) is 0 Å². The molecule has 1 rings (SSSR count). The molecule has 1 N–H and O–H groups in total. The minimum atomic E-state index is -0.0622. The predicted octanol–water partition coefficient (Wildman–Crippen LogP) is 2.54. The standard InChI is InChI=1S/C10H19O/c1-2-6-10(11)9-7-4-3-5-8-9/h9-11H,1-8H2. The largest absolute Gasteiger partial charge is 0.393 e. The van der Waals surface area contributed by atoms with E-state index >= 15 is 0 Å². The molecule has 0 spiro atoms. The maximum absolute atomic E-state index is 9.63. The molecule has 1 heteroatoms. The van der Waals surface area contributed by atoms with Gasteiger partial charge in [0, 0.05) is 0 Å². The predicted molar refractivity (Wildman–Crippen MR) is 47.2 cm³/mol. The molecule has 0 heterocycles. The van der Waals surface area contributed by atoms with E-state index in [0.29, 0.717) is 5.92 Å². The van der Waals surface area contributed by atoms with Crippen molar-refractivity contribution in [3.63, 3.8) is 0 Å². The van der Waals surface area contributed by atoms with Crippen LogP contribution in [0.3, 0.4) is 0 Å². The summed E-state index contributed by atoms with van der Waals surface area (Å²) in [7, 11) is 0. The summed E-state index contributed by atoms with van der Waals surface area (Å²) in [6.07, 6.45) is 8.18. The summed E-state index contributed by atoms with van der Waals surface area (Å²) in [6.45, 7) is 3.76. The number of hydrogen-bond donors (Lipinski definition) is 1. The Labute approximate surface area is 69.8 Å². The van der Waals surface area contributed by atoms with Crippen LogP contribution in [0.25, 0.3) is 0 Å². The fourth-order valence-corrected chi connectivity index (χ4v) is 1.96. The summed E-state index contributed by atoms with van der Waals surface area (Å²) in [5.41, 5.74) is 0.